The largest absolute Gasteiger partial charge is 0.467 e. The van der Waals surface area contributed by atoms with Crippen LogP contribution in [0.25, 0.3) is 10.9 Å². The van der Waals surface area contributed by atoms with E-state index in [9.17, 15) is 9.59 Å². The first-order valence-corrected chi connectivity index (χ1v) is 8.75. The van der Waals surface area contributed by atoms with Gasteiger partial charge in [-0.3, -0.25) is 4.79 Å². The van der Waals surface area contributed by atoms with Gasteiger partial charge in [-0.15, -0.1) is 0 Å². The molecule has 2 aromatic rings. The second-order valence-corrected chi connectivity index (χ2v) is 6.96. The zero-order chi connectivity index (χ0) is 18.3. The maximum absolute atomic E-state index is 13.2. The highest BCUT2D eigenvalue weighted by atomic mass is 16.5. The van der Waals surface area contributed by atoms with Crippen LogP contribution in [-0.2, 0) is 25.5 Å². The number of carbonyl (C=O) groups is 2. The number of carbonyl (C=O) groups excluding carboxylic acids is 2. The van der Waals surface area contributed by atoms with Crippen LogP contribution < -0.4 is 0 Å². The fraction of sp³-hybridized carbons (Fsp3) is 0.400. The van der Waals surface area contributed by atoms with Gasteiger partial charge in [-0.2, -0.15) is 0 Å². The third kappa shape index (κ3) is 2.36. The summed E-state index contributed by atoms with van der Waals surface area (Å²) >= 11 is 0. The van der Waals surface area contributed by atoms with E-state index in [0.29, 0.717) is 13.0 Å². The molecule has 3 atom stereocenters. The molecule has 2 bridgehead atoms. The van der Waals surface area contributed by atoms with Crippen molar-refractivity contribution in [2.45, 2.75) is 24.5 Å². The van der Waals surface area contributed by atoms with Crippen LogP contribution in [0.5, 0.6) is 0 Å². The van der Waals surface area contributed by atoms with Gasteiger partial charge in [0.15, 0.2) is 5.54 Å². The number of nitrogens with zero attached hydrogens (tertiary/aromatic N) is 1. The van der Waals surface area contributed by atoms with Gasteiger partial charge in [-0.25, -0.2) is 4.79 Å². The van der Waals surface area contributed by atoms with Crippen molar-refractivity contribution in [1.82, 2.24) is 9.88 Å². The monoisotopic (exact) mass is 354 g/mol. The van der Waals surface area contributed by atoms with E-state index >= 15 is 0 Å². The Bertz CT molecular complexity index is 887. The van der Waals surface area contributed by atoms with E-state index in [2.05, 4.69) is 4.98 Å². The highest BCUT2D eigenvalue weighted by molar-refractivity contribution is 5.93. The first kappa shape index (κ1) is 16.8. The molecular formula is C20H22N2O4. The van der Waals surface area contributed by atoms with Crippen LogP contribution in [-0.4, -0.2) is 54.2 Å². The van der Waals surface area contributed by atoms with Crippen LogP contribution in [0.3, 0.4) is 0 Å². The van der Waals surface area contributed by atoms with Gasteiger partial charge in [0, 0.05) is 30.8 Å². The summed E-state index contributed by atoms with van der Waals surface area (Å²) < 4.78 is 10.6. The number of amides is 1. The number of likely N-dealkylation sites (tertiary alicyclic amines) is 1. The van der Waals surface area contributed by atoms with Gasteiger partial charge < -0.3 is 19.4 Å². The molecule has 1 aliphatic carbocycles. The summed E-state index contributed by atoms with van der Waals surface area (Å²) in [6.07, 6.45) is 6.04. The number of aromatic amines is 1. The number of rotatable bonds is 4. The minimum Gasteiger partial charge on any atom is -0.467 e. The van der Waals surface area contributed by atoms with Crippen LogP contribution in [0.15, 0.2) is 42.6 Å². The van der Waals surface area contributed by atoms with Gasteiger partial charge in [0.05, 0.1) is 13.5 Å². The Balaban J connectivity index is 1.67. The van der Waals surface area contributed by atoms with Crippen molar-refractivity contribution in [3.63, 3.8) is 0 Å². The molecular weight excluding hydrogens is 332 g/mol. The van der Waals surface area contributed by atoms with Crippen molar-refractivity contribution in [2.75, 3.05) is 20.8 Å². The van der Waals surface area contributed by atoms with Crippen molar-refractivity contribution < 1.29 is 19.1 Å². The maximum atomic E-state index is 13.2. The van der Waals surface area contributed by atoms with Gasteiger partial charge in [0.25, 0.3) is 0 Å². The lowest BCUT2D eigenvalue weighted by atomic mass is 9.81. The number of nitrogens with one attached hydrogen (secondary N) is 1. The Morgan fingerprint density at radius 3 is 2.85 bits per heavy atom. The van der Waals surface area contributed by atoms with Crippen LogP contribution in [0.2, 0.25) is 0 Å². The lowest BCUT2D eigenvalue weighted by molar-refractivity contribution is -0.166. The zero-order valence-corrected chi connectivity index (χ0v) is 14.9. The number of esters is 1. The Hall–Kier alpha value is -2.60. The minimum atomic E-state index is -1.08. The SMILES string of the molecule is COC(=O)[C@]12C[C@H](C=C[C@@H]1OC)CN2C(=O)Cc1c[nH]c2ccccc12. The molecule has 0 radical (unpaired) electrons. The van der Waals surface area contributed by atoms with E-state index in [1.807, 2.05) is 42.6 Å². The first-order valence-electron chi connectivity index (χ1n) is 8.75. The van der Waals surface area contributed by atoms with Crippen molar-refractivity contribution in [3.8, 4) is 0 Å². The first-order chi connectivity index (χ1) is 12.6. The molecule has 26 heavy (non-hydrogen) atoms. The number of methoxy groups -OCH3 is 2. The average molecular weight is 354 g/mol. The molecule has 1 aliphatic heterocycles. The quantitative estimate of drug-likeness (QED) is 0.674. The molecule has 1 N–H and O–H groups in total. The van der Waals surface area contributed by atoms with E-state index in [1.165, 1.54) is 7.11 Å². The predicted molar refractivity (Wildman–Crippen MR) is 96.5 cm³/mol. The lowest BCUT2D eigenvalue weighted by Gasteiger charge is -2.40. The van der Waals surface area contributed by atoms with E-state index in [1.54, 1.807) is 12.0 Å². The summed E-state index contributed by atoms with van der Waals surface area (Å²) in [6, 6.07) is 7.88. The van der Waals surface area contributed by atoms with E-state index in [0.717, 1.165) is 16.5 Å². The van der Waals surface area contributed by atoms with E-state index in [-0.39, 0.29) is 18.2 Å². The number of fused-ring (bicyclic) bond motifs is 3. The number of aromatic nitrogens is 1. The van der Waals surface area contributed by atoms with Crippen molar-refractivity contribution in [2.24, 2.45) is 5.92 Å². The second-order valence-electron chi connectivity index (χ2n) is 6.96. The normalized spacial score (nSPS) is 27.1. The topological polar surface area (TPSA) is 71.6 Å². The Morgan fingerprint density at radius 2 is 2.08 bits per heavy atom. The molecule has 4 rings (SSSR count). The number of H-pyrrole nitrogens is 1. The Labute approximate surface area is 151 Å². The molecule has 1 aromatic heterocycles. The summed E-state index contributed by atoms with van der Waals surface area (Å²) in [5, 5.41) is 1.02. The third-order valence-corrected chi connectivity index (χ3v) is 5.61. The summed E-state index contributed by atoms with van der Waals surface area (Å²) in [5.74, 6) is -0.357. The van der Waals surface area contributed by atoms with Crippen LogP contribution in [0.4, 0.5) is 0 Å². The van der Waals surface area contributed by atoms with Crippen LogP contribution >= 0.6 is 0 Å². The smallest absolute Gasteiger partial charge is 0.334 e. The third-order valence-electron chi connectivity index (χ3n) is 5.61. The molecule has 0 spiro atoms. The molecule has 6 nitrogen and oxygen atoms in total. The van der Waals surface area contributed by atoms with Gasteiger partial charge >= 0.3 is 5.97 Å². The molecule has 1 saturated heterocycles. The minimum absolute atomic E-state index is 0.0894. The molecule has 136 valence electrons. The number of ether oxygens (including phenoxy) is 2. The van der Waals surface area contributed by atoms with E-state index < -0.39 is 17.6 Å². The molecule has 0 unspecified atom stereocenters. The highest BCUT2D eigenvalue weighted by Crippen LogP contribution is 2.43. The molecule has 1 aromatic carbocycles. The molecule has 2 heterocycles. The fourth-order valence-electron chi connectivity index (χ4n) is 4.41. The number of benzene rings is 1. The van der Waals surface area contributed by atoms with Crippen molar-refractivity contribution in [3.05, 3.63) is 48.2 Å². The summed E-state index contributed by atoms with van der Waals surface area (Å²) in [5.41, 5.74) is 0.843. The zero-order valence-electron chi connectivity index (χ0n) is 14.9. The number of para-hydroxylation sites is 1. The molecule has 6 heteroatoms. The lowest BCUT2D eigenvalue weighted by Crippen LogP contribution is -2.61. The van der Waals surface area contributed by atoms with Crippen molar-refractivity contribution >= 4 is 22.8 Å². The van der Waals surface area contributed by atoms with Gasteiger partial charge in [0.1, 0.15) is 6.10 Å². The van der Waals surface area contributed by atoms with Gasteiger partial charge in [-0.05, 0) is 24.0 Å². The van der Waals surface area contributed by atoms with Crippen LogP contribution in [0.1, 0.15) is 12.0 Å². The fourth-order valence-corrected chi connectivity index (χ4v) is 4.41. The average Bonchev–Trinajstić information content (AvgIpc) is 3.21. The second kappa shape index (κ2) is 6.29. The number of hydrogen-bond acceptors (Lipinski definition) is 4. The Kier molecular flexibility index (Phi) is 4.07. The van der Waals surface area contributed by atoms with Gasteiger partial charge in [-0.1, -0.05) is 30.4 Å². The maximum Gasteiger partial charge on any atom is 0.334 e. The number of hydrogen-bond donors (Lipinski definition) is 1. The predicted octanol–water partition coefficient (Wildman–Crippen LogP) is 2.06. The highest BCUT2D eigenvalue weighted by Gasteiger charge is 2.59. The van der Waals surface area contributed by atoms with E-state index in [4.69, 9.17) is 9.47 Å². The van der Waals surface area contributed by atoms with Crippen LogP contribution in [0, 0.1) is 5.92 Å². The summed E-state index contributed by atoms with van der Waals surface area (Å²) in [7, 11) is 2.92. The summed E-state index contributed by atoms with van der Waals surface area (Å²) in [6.45, 7) is 0.507. The van der Waals surface area contributed by atoms with Crippen molar-refractivity contribution in [1.29, 1.82) is 0 Å². The Morgan fingerprint density at radius 1 is 1.27 bits per heavy atom. The standard InChI is InChI=1S/C20H22N2O4/c1-25-17-8-7-13-10-20(17,19(24)26-2)22(12-13)18(23)9-14-11-21-16-6-4-3-5-15(14)16/h3-8,11,13,17,21H,9-10,12H2,1-2H3/t13-,17-,20-/m0/s1. The molecule has 2 aliphatic rings. The molecule has 0 saturated carbocycles. The molecule has 1 fully saturated rings. The van der Waals surface area contributed by atoms with Gasteiger partial charge in [0.2, 0.25) is 5.91 Å². The molecule has 1 amide bonds. The summed E-state index contributed by atoms with van der Waals surface area (Å²) in [4.78, 5) is 30.8.